The van der Waals surface area contributed by atoms with Crippen molar-refractivity contribution >= 4 is 0 Å². The van der Waals surface area contributed by atoms with Gasteiger partial charge in [-0.25, -0.2) is 0 Å². The van der Waals surface area contributed by atoms with Crippen molar-refractivity contribution in [2.45, 2.75) is 51.1 Å². The SMILES string of the molecule is C[C@H](NC1CCC(C)(C)c2ccccc21)c1ccccc1. The molecule has 1 aliphatic rings. The largest absolute Gasteiger partial charge is 0.303 e. The second-order valence-electron chi connectivity index (χ2n) is 6.86. The maximum atomic E-state index is 3.83. The minimum Gasteiger partial charge on any atom is -0.303 e. The molecular formula is C20H25N. The predicted molar refractivity (Wildman–Crippen MR) is 89.4 cm³/mol. The van der Waals surface area contributed by atoms with Crippen LogP contribution < -0.4 is 5.32 Å². The number of nitrogens with one attached hydrogen (secondary N) is 1. The third-order valence-electron chi connectivity index (χ3n) is 4.87. The lowest BCUT2D eigenvalue weighted by Gasteiger charge is -2.38. The van der Waals surface area contributed by atoms with Gasteiger partial charge in [0.2, 0.25) is 0 Å². The van der Waals surface area contributed by atoms with Crippen LogP contribution in [0.3, 0.4) is 0 Å². The molecule has 1 nitrogen and oxygen atoms in total. The van der Waals surface area contributed by atoms with Gasteiger partial charge in [0.1, 0.15) is 0 Å². The normalized spacial score (nSPS) is 21.6. The highest BCUT2D eigenvalue weighted by Crippen LogP contribution is 2.42. The Morgan fingerprint density at radius 3 is 2.43 bits per heavy atom. The van der Waals surface area contributed by atoms with E-state index in [4.69, 9.17) is 0 Å². The molecule has 1 aliphatic carbocycles. The summed E-state index contributed by atoms with van der Waals surface area (Å²) in [5, 5.41) is 3.83. The van der Waals surface area contributed by atoms with Crippen LogP contribution in [0, 0.1) is 0 Å². The summed E-state index contributed by atoms with van der Waals surface area (Å²) < 4.78 is 0. The number of hydrogen-bond donors (Lipinski definition) is 1. The van der Waals surface area contributed by atoms with E-state index in [0.717, 1.165) is 0 Å². The van der Waals surface area contributed by atoms with E-state index in [1.165, 1.54) is 29.5 Å². The van der Waals surface area contributed by atoms with E-state index in [9.17, 15) is 0 Å². The van der Waals surface area contributed by atoms with Crippen molar-refractivity contribution in [2.24, 2.45) is 0 Å². The summed E-state index contributed by atoms with van der Waals surface area (Å²) >= 11 is 0. The monoisotopic (exact) mass is 279 g/mol. The molecule has 21 heavy (non-hydrogen) atoms. The highest BCUT2D eigenvalue weighted by molar-refractivity contribution is 5.38. The summed E-state index contributed by atoms with van der Waals surface area (Å²) in [7, 11) is 0. The maximum absolute atomic E-state index is 3.83. The Balaban J connectivity index is 1.84. The van der Waals surface area contributed by atoms with Gasteiger partial charge in [-0.05, 0) is 41.9 Å². The number of benzene rings is 2. The van der Waals surface area contributed by atoms with Gasteiger partial charge in [0, 0.05) is 12.1 Å². The van der Waals surface area contributed by atoms with Crippen LogP contribution in [0.4, 0.5) is 0 Å². The van der Waals surface area contributed by atoms with Crippen molar-refractivity contribution in [3.8, 4) is 0 Å². The van der Waals surface area contributed by atoms with Gasteiger partial charge < -0.3 is 5.32 Å². The average Bonchev–Trinajstić information content (AvgIpc) is 2.51. The van der Waals surface area contributed by atoms with Crippen LogP contribution in [-0.4, -0.2) is 0 Å². The van der Waals surface area contributed by atoms with E-state index < -0.39 is 0 Å². The highest BCUT2D eigenvalue weighted by Gasteiger charge is 2.32. The molecule has 110 valence electrons. The van der Waals surface area contributed by atoms with Crippen molar-refractivity contribution in [3.63, 3.8) is 0 Å². The lowest BCUT2D eigenvalue weighted by atomic mass is 9.71. The first-order valence-electron chi connectivity index (χ1n) is 7.98. The summed E-state index contributed by atoms with van der Waals surface area (Å²) in [4.78, 5) is 0. The molecule has 0 fully saturated rings. The van der Waals surface area contributed by atoms with Crippen LogP contribution in [-0.2, 0) is 5.41 Å². The second kappa shape index (κ2) is 5.65. The Labute approximate surface area is 128 Å². The van der Waals surface area contributed by atoms with Crippen LogP contribution >= 0.6 is 0 Å². The molecule has 1 unspecified atom stereocenters. The third kappa shape index (κ3) is 2.89. The summed E-state index contributed by atoms with van der Waals surface area (Å²) in [6.07, 6.45) is 2.45. The van der Waals surface area contributed by atoms with Crippen LogP contribution in [0.1, 0.15) is 62.4 Å². The summed E-state index contributed by atoms with van der Waals surface area (Å²) in [6, 6.07) is 20.5. The molecule has 0 radical (unpaired) electrons. The minimum atomic E-state index is 0.296. The third-order valence-corrected chi connectivity index (χ3v) is 4.87. The Hall–Kier alpha value is -1.60. The Morgan fingerprint density at radius 2 is 1.67 bits per heavy atom. The van der Waals surface area contributed by atoms with E-state index in [2.05, 4.69) is 80.7 Å². The van der Waals surface area contributed by atoms with E-state index in [0.29, 0.717) is 17.5 Å². The fraction of sp³-hybridized carbons (Fsp3) is 0.400. The van der Waals surface area contributed by atoms with Crippen LogP contribution in [0.2, 0.25) is 0 Å². The van der Waals surface area contributed by atoms with E-state index in [-0.39, 0.29) is 0 Å². The molecular weight excluding hydrogens is 254 g/mol. The van der Waals surface area contributed by atoms with E-state index in [1.807, 2.05) is 0 Å². The predicted octanol–water partition coefficient (Wildman–Crippen LogP) is 5.15. The first-order chi connectivity index (χ1) is 10.1. The Bertz CT molecular complexity index is 600. The van der Waals surface area contributed by atoms with Gasteiger partial charge in [-0.15, -0.1) is 0 Å². The molecule has 2 atom stereocenters. The molecule has 2 aromatic carbocycles. The molecule has 0 aliphatic heterocycles. The van der Waals surface area contributed by atoms with Gasteiger partial charge in [0.25, 0.3) is 0 Å². The van der Waals surface area contributed by atoms with Gasteiger partial charge in [0.15, 0.2) is 0 Å². The van der Waals surface area contributed by atoms with Crippen LogP contribution in [0.5, 0.6) is 0 Å². The first kappa shape index (κ1) is 14.3. The zero-order valence-corrected chi connectivity index (χ0v) is 13.3. The standard InChI is InChI=1S/C20H25N/c1-15(16-9-5-4-6-10-16)21-19-13-14-20(2,3)18-12-8-7-11-17(18)19/h4-12,15,19,21H,13-14H2,1-3H3/t15-,19?/m0/s1. The van der Waals surface area contributed by atoms with Crippen molar-refractivity contribution < 1.29 is 0 Å². The molecule has 2 aromatic rings. The molecule has 0 aromatic heterocycles. The van der Waals surface area contributed by atoms with Gasteiger partial charge in [0.05, 0.1) is 0 Å². The molecule has 0 saturated carbocycles. The van der Waals surface area contributed by atoms with Crippen LogP contribution in [0.25, 0.3) is 0 Å². The van der Waals surface area contributed by atoms with Gasteiger partial charge in [-0.1, -0.05) is 68.4 Å². The molecule has 3 rings (SSSR count). The smallest absolute Gasteiger partial charge is 0.0328 e. The van der Waals surface area contributed by atoms with E-state index in [1.54, 1.807) is 0 Å². The molecule has 0 bridgehead atoms. The van der Waals surface area contributed by atoms with Crippen molar-refractivity contribution in [1.82, 2.24) is 5.32 Å². The number of rotatable bonds is 3. The topological polar surface area (TPSA) is 12.0 Å². The lowest BCUT2D eigenvalue weighted by Crippen LogP contribution is -2.33. The van der Waals surface area contributed by atoms with Crippen molar-refractivity contribution in [2.75, 3.05) is 0 Å². The molecule has 1 N–H and O–H groups in total. The molecule has 1 heteroatoms. The first-order valence-corrected chi connectivity index (χ1v) is 7.98. The highest BCUT2D eigenvalue weighted by atomic mass is 14.9. The number of fused-ring (bicyclic) bond motifs is 1. The van der Waals surface area contributed by atoms with Gasteiger partial charge in [-0.2, -0.15) is 0 Å². The molecule has 0 saturated heterocycles. The van der Waals surface area contributed by atoms with Crippen molar-refractivity contribution in [1.29, 1.82) is 0 Å². The molecule has 0 spiro atoms. The Morgan fingerprint density at radius 1 is 1.00 bits per heavy atom. The van der Waals surface area contributed by atoms with Gasteiger partial charge >= 0.3 is 0 Å². The van der Waals surface area contributed by atoms with Gasteiger partial charge in [-0.3, -0.25) is 0 Å². The van der Waals surface area contributed by atoms with Crippen LogP contribution in [0.15, 0.2) is 54.6 Å². The fourth-order valence-corrected chi connectivity index (χ4v) is 3.53. The summed E-state index contributed by atoms with van der Waals surface area (Å²) in [5.41, 5.74) is 4.65. The average molecular weight is 279 g/mol. The summed E-state index contributed by atoms with van der Waals surface area (Å²) in [5.74, 6) is 0. The maximum Gasteiger partial charge on any atom is 0.0328 e. The minimum absolute atomic E-state index is 0.296. The number of hydrogen-bond acceptors (Lipinski definition) is 1. The zero-order valence-electron chi connectivity index (χ0n) is 13.3. The van der Waals surface area contributed by atoms with Crippen molar-refractivity contribution in [3.05, 3.63) is 71.3 Å². The fourth-order valence-electron chi connectivity index (χ4n) is 3.53. The molecule has 0 heterocycles. The summed E-state index contributed by atoms with van der Waals surface area (Å²) in [6.45, 7) is 6.99. The Kier molecular flexibility index (Phi) is 3.86. The second-order valence-corrected chi connectivity index (χ2v) is 6.86. The zero-order chi connectivity index (χ0) is 14.9. The lowest BCUT2D eigenvalue weighted by molar-refractivity contribution is 0.340. The quantitative estimate of drug-likeness (QED) is 0.819. The van der Waals surface area contributed by atoms with E-state index >= 15 is 0 Å². The molecule has 0 amide bonds.